The third kappa shape index (κ3) is 5.10. The first kappa shape index (κ1) is 16.4. The maximum Gasteiger partial charge on any atom is 0.119 e. The Morgan fingerprint density at radius 2 is 1.64 bits per heavy atom. The van der Waals surface area contributed by atoms with Gasteiger partial charge in [-0.2, -0.15) is 0 Å². The molecule has 2 rings (SSSR count). The topological polar surface area (TPSA) is 21.3 Å². The number of nitrogens with one attached hydrogen (secondary N) is 1. The van der Waals surface area contributed by atoms with Gasteiger partial charge >= 0.3 is 0 Å². The predicted molar refractivity (Wildman–Crippen MR) is 94.7 cm³/mol. The number of benzene rings is 2. The summed E-state index contributed by atoms with van der Waals surface area (Å²) in [5, 5.41) is 3.45. The molecule has 0 aliphatic carbocycles. The molecule has 0 heterocycles. The van der Waals surface area contributed by atoms with E-state index < -0.39 is 0 Å². The molecule has 22 heavy (non-hydrogen) atoms. The molecule has 0 aliphatic rings. The molecule has 0 radical (unpaired) electrons. The number of unbranched alkanes of at least 4 members (excludes halogenated alkanes) is 1. The number of ether oxygens (including phenoxy) is 1. The second-order valence-electron chi connectivity index (χ2n) is 5.98. The molecule has 0 aliphatic heterocycles. The molecule has 0 atom stereocenters. The molecule has 0 aromatic heterocycles. The Kier molecular flexibility index (Phi) is 6.32. The third-order valence-electron chi connectivity index (χ3n) is 3.76. The molecule has 0 saturated heterocycles. The summed E-state index contributed by atoms with van der Waals surface area (Å²) in [7, 11) is 0. The summed E-state index contributed by atoms with van der Waals surface area (Å²) < 4.78 is 5.67. The van der Waals surface area contributed by atoms with E-state index in [1.807, 2.05) is 12.1 Å². The molecule has 2 nitrogen and oxygen atoms in total. The van der Waals surface area contributed by atoms with Crippen molar-refractivity contribution in [3.63, 3.8) is 0 Å². The lowest BCUT2D eigenvalue weighted by molar-refractivity contribution is 0.309. The summed E-state index contributed by atoms with van der Waals surface area (Å²) in [5.74, 6) is 1.53. The average molecular weight is 297 g/mol. The van der Waals surface area contributed by atoms with Crippen molar-refractivity contribution in [2.75, 3.05) is 11.9 Å². The van der Waals surface area contributed by atoms with Crippen molar-refractivity contribution in [3.05, 3.63) is 59.7 Å². The van der Waals surface area contributed by atoms with Crippen molar-refractivity contribution in [2.45, 2.75) is 46.1 Å². The van der Waals surface area contributed by atoms with Crippen LogP contribution in [0.5, 0.6) is 5.75 Å². The smallest absolute Gasteiger partial charge is 0.119 e. The zero-order chi connectivity index (χ0) is 15.8. The third-order valence-corrected chi connectivity index (χ3v) is 3.76. The molecular weight excluding hydrogens is 270 g/mol. The highest BCUT2D eigenvalue weighted by Crippen LogP contribution is 2.18. The highest BCUT2D eigenvalue weighted by Gasteiger charge is 2.00. The van der Waals surface area contributed by atoms with Gasteiger partial charge in [-0.25, -0.2) is 0 Å². The average Bonchev–Trinajstić information content (AvgIpc) is 2.55. The quantitative estimate of drug-likeness (QED) is 0.640. The van der Waals surface area contributed by atoms with E-state index in [1.165, 1.54) is 11.1 Å². The Balaban J connectivity index is 1.83. The lowest BCUT2D eigenvalue weighted by atomic mass is 10.0. The second kappa shape index (κ2) is 8.47. The molecule has 2 aromatic carbocycles. The maximum atomic E-state index is 5.67. The summed E-state index contributed by atoms with van der Waals surface area (Å²) in [5.41, 5.74) is 3.81. The van der Waals surface area contributed by atoms with Crippen molar-refractivity contribution in [2.24, 2.45) is 0 Å². The minimum Gasteiger partial charge on any atom is -0.494 e. The summed E-state index contributed by atoms with van der Waals surface area (Å²) in [4.78, 5) is 0. The first-order valence-corrected chi connectivity index (χ1v) is 8.24. The fourth-order valence-corrected chi connectivity index (χ4v) is 2.23. The van der Waals surface area contributed by atoms with Gasteiger partial charge in [0.2, 0.25) is 0 Å². The fraction of sp³-hybridized carbons (Fsp3) is 0.400. The van der Waals surface area contributed by atoms with Gasteiger partial charge in [-0.05, 0) is 47.7 Å². The maximum absolute atomic E-state index is 5.67. The summed E-state index contributed by atoms with van der Waals surface area (Å²) in [6, 6.07) is 17.0. The fourth-order valence-electron chi connectivity index (χ4n) is 2.23. The second-order valence-corrected chi connectivity index (χ2v) is 5.98. The van der Waals surface area contributed by atoms with E-state index in [0.717, 1.165) is 37.4 Å². The molecule has 0 unspecified atom stereocenters. The van der Waals surface area contributed by atoms with Gasteiger partial charge in [-0.3, -0.25) is 0 Å². The highest BCUT2D eigenvalue weighted by atomic mass is 16.5. The van der Waals surface area contributed by atoms with E-state index in [4.69, 9.17) is 4.74 Å². The predicted octanol–water partition coefficient (Wildman–Crippen LogP) is 5.60. The lowest BCUT2D eigenvalue weighted by Crippen LogP contribution is -2.00. The molecule has 1 N–H and O–H groups in total. The van der Waals surface area contributed by atoms with E-state index in [0.29, 0.717) is 5.92 Å². The van der Waals surface area contributed by atoms with Gasteiger partial charge in [-0.15, -0.1) is 0 Å². The number of anilines is 1. The van der Waals surface area contributed by atoms with E-state index >= 15 is 0 Å². The van der Waals surface area contributed by atoms with Crippen LogP contribution in [-0.4, -0.2) is 6.61 Å². The lowest BCUT2D eigenvalue weighted by Gasteiger charge is -2.10. The number of rotatable bonds is 8. The van der Waals surface area contributed by atoms with Gasteiger partial charge < -0.3 is 10.1 Å². The van der Waals surface area contributed by atoms with Crippen LogP contribution in [0.4, 0.5) is 5.69 Å². The number of hydrogen-bond acceptors (Lipinski definition) is 2. The standard InChI is InChI=1S/C20H27NO/c1-4-5-14-22-20-12-10-19(11-13-20)21-15-17-6-8-18(9-7-17)16(2)3/h6-13,16,21H,4-5,14-15H2,1-3H3. The van der Waals surface area contributed by atoms with Crippen LogP contribution in [0, 0.1) is 0 Å². The van der Waals surface area contributed by atoms with Crippen LogP contribution < -0.4 is 10.1 Å². The molecule has 118 valence electrons. The molecule has 0 bridgehead atoms. The van der Waals surface area contributed by atoms with Crippen molar-refractivity contribution in [1.82, 2.24) is 0 Å². The van der Waals surface area contributed by atoms with Gasteiger partial charge in [0.15, 0.2) is 0 Å². The van der Waals surface area contributed by atoms with E-state index in [2.05, 4.69) is 62.5 Å². The van der Waals surface area contributed by atoms with Crippen LogP contribution in [0.2, 0.25) is 0 Å². The van der Waals surface area contributed by atoms with Gasteiger partial charge in [-0.1, -0.05) is 51.5 Å². The van der Waals surface area contributed by atoms with Crippen LogP contribution in [0.3, 0.4) is 0 Å². The van der Waals surface area contributed by atoms with E-state index in [9.17, 15) is 0 Å². The van der Waals surface area contributed by atoms with Gasteiger partial charge in [0, 0.05) is 12.2 Å². The molecule has 0 spiro atoms. The first-order chi connectivity index (χ1) is 10.7. The van der Waals surface area contributed by atoms with Crippen LogP contribution in [0.25, 0.3) is 0 Å². The zero-order valence-corrected chi connectivity index (χ0v) is 13.9. The van der Waals surface area contributed by atoms with Gasteiger partial charge in [0.1, 0.15) is 5.75 Å². The minimum absolute atomic E-state index is 0.585. The first-order valence-electron chi connectivity index (χ1n) is 8.24. The zero-order valence-electron chi connectivity index (χ0n) is 13.9. The molecule has 0 amide bonds. The Bertz CT molecular complexity index is 543. The number of hydrogen-bond donors (Lipinski definition) is 1. The Hall–Kier alpha value is -1.96. The molecule has 2 aromatic rings. The minimum atomic E-state index is 0.585. The van der Waals surface area contributed by atoms with E-state index in [-0.39, 0.29) is 0 Å². The van der Waals surface area contributed by atoms with Crippen LogP contribution in [0.15, 0.2) is 48.5 Å². The van der Waals surface area contributed by atoms with Gasteiger partial charge in [0.25, 0.3) is 0 Å². The summed E-state index contributed by atoms with van der Waals surface area (Å²) >= 11 is 0. The van der Waals surface area contributed by atoms with E-state index in [1.54, 1.807) is 0 Å². The normalized spacial score (nSPS) is 10.7. The summed E-state index contributed by atoms with van der Waals surface area (Å²) in [6.07, 6.45) is 2.27. The Morgan fingerprint density at radius 3 is 2.23 bits per heavy atom. The molecule has 2 heteroatoms. The SMILES string of the molecule is CCCCOc1ccc(NCc2ccc(C(C)C)cc2)cc1. The van der Waals surface area contributed by atoms with Crippen molar-refractivity contribution >= 4 is 5.69 Å². The molecule has 0 saturated carbocycles. The Morgan fingerprint density at radius 1 is 0.955 bits per heavy atom. The highest BCUT2D eigenvalue weighted by molar-refractivity contribution is 5.46. The van der Waals surface area contributed by atoms with Gasteiger partial charge in [0.05, 0.1) is 6.61 Å². The van der Waals surface area contributed by atoms with Crippen molar-refractivity contribution in [3.8, 4) is 5.75 Å². The molecular formula is C20H27NO. The van der Waals surface area contributed by atoms with Crippen molar-refractivity contribution < 1.29 is 4.74 Å². The summed E-state index contributed by atoms with van der Waals surface area (Å²) in [6.45, 7) is 8.25. The largest absolute Gasteiger partial charge is 0.494 e. The van der Waals surface area contributed by atoms with Crippen molar-refractivity contribution in [1.29, 1.82) is 0 Å². The van der Waals surface area contributed by atoms with Crippen LogP contribution in [-0.2, 0) is 6.54 Å². The van der Waals surface area contributed by atoms with Crippen LogP contribution >= 0.6 is 0 Å². The molecule has 0 fully saturated rings. The van der Waals surface area contributed by atoms with Crippen LogP contribution in [0.1, 0.15) is 50.7 Å². The monoisotopic (exact) mass is 297 g/mol. The Labute approximate surface area is 134 Å².